The molecule has 2 rings (SSSR count). The molecule has 7 nitrogen and oxygen atoms in total. The SMILES string of the molecule is CNC(=O)CNC(=O)COC(=O)c1cccnc1Sc1ccccc1Cl. The van der Waals surface area contributed by atoms with Gasteiger partial charge in [0.25, 0.3) is 5.91 Å². The minimum atomic E-state index is -0.692. The van der Waals surface area contributed by atoms with Gasteiger partial charge in [-0.05, 0) is 24.3 Å². The van der Waals surface area contributed by atoms with Crippen LogP contribution in [0.3, 0.4) is 0 Å². The first-order valence-electron chi connectivity index (χ1n) is 7.53. The van der Waals surface area contributed by atoms with Gasteiger partial charge in [0.15, 0.2) is 6.61 Å². The molecule has 0 aliphatic heterocycles. The van der Waals surface area contributed by atoms with Crippen LogP contribution in [-0.4, -0.2) is 43.0 Å². The number of amides is 2. The van der Waals surface area contributed by atoms with Crippen molar-refractivity contribution in [3.63, 3.8) is 0 Å². The van der Waals surface area contributed by atoms with Crippen molar-refractivity contribution in [2.45, 2.75) is 9.92 Å². The molecule has 9 heteroatoms. The number of ether oxygens (including phenoxy) is 1. The number of rotatable bonds is 7. The second-order valence-corrected chi connectivity index (χ2v) is 6.35. The molecule has 2 amide bonds. The summed E-state index contributed by atoms with van der Waals surface area (Å²) in [6.07, 6.45) is 1.55. The van der Waals surface area contributed by atoms with Crippen LogP contribution < -0.4 is 10.6 Å². The van der Waals surface area contributed by atoms with Gasteiger partial charge in [-0.1, -0.05) is 35.5 Å². The Morgan fingerprint density at radius 3 is 2.65 bits per heavy atom. The summed E-state index contributed by atoms with van der Waals surface area (Å²) >= 11 is 7.35. The Labute approximate surface area is 159 Å². The number of pyridine rings is 1. The van der Waals surface area contributed by atoms with Gasteiger partial charge in [-0.15, -0.1) is 0 Å². The largest absolute Gasteiger partial charge is 0.452 e. The molecular weight excluding hydrogens is 378 g/mol. The maximum Gasteiger partial charge on any atom is 0.341 e. The predicted molar refractivity (Wildman–Crippen MR) is 97.2 cm³/mol. The molecule has 0 unspecified atom stereocenters. The molecule has 1 heterocycles. The van der Waals surface area contributed by atoms with Gasteiger partial charge < -0.3 is 15.4 Å². The molecule has 0 atom stereocenters. The van der Waals surface area contributed by atoms with Crippen molar-refractivity contribution in [2.24, 2.45) is 0 Å². The van der Waals surface area contributed by atoms with E-state index in [-0.39, 0.29) is 18.0 Å². The lowest BCUT2D eigenvalue weighted by Crippen LogP contribution is -2.37. The molecule has 0 aliphatic rings. The Kier molecular flexibility index (Phi) is 7.43. The summed E-state index contributed by atoms with van der Waals surface area (Å²) < 4.78 is 5.00. The van der Waals surface area contributed by atoms with Gasteiger partial charge >= 0.3 is 5.97 Å². The smallest absolute Gasteiger partial charge is 0.341 e. The number of hydrogen-bond acceptors (Lipinski definition) is 6. The molecule has 0 saturated carbocycles. The van der Waals surface area contributed by atoms with E-state index in [1.807, 2.05) is 12.1 Å². The van der Waals surface area contributed by atoms with Crippen LogP contribution in [0, 0.1) is 0 Å². The first kappa shape index (κ1) is 19.7. The average Bonchev–Trinajstić information content (AvgIpc) is 2.66. The van der Waals surface area contributed by atoms with Crippen LogP contribution in [0.15, 0.2) is 52.5 Å². The van der Waals surface area contributed by atoms with Gasteiger partial charge in [0.2, 0.25) is 5.91 Å². The predicted octanol–water partition coefficient (Wildman–Crippen LogP) is 1.91. The van der Waals surface area contributed by atoms with Crippen molar-refractivity contribution >= 4 is 41.1 Å². The third kappa shape index (κ3) is 5.75. The van der Waals surface area contributed by atoms with E-state index in [4.69, 9.17) is 16.3 Å². The number of nitrogens with one attached hydrogen (secondary N) is 2. The van der Waals surface area contributed by atoms with Crippen molar-refractivity contribution < 1.29 is 19.1 Å². The second-order valence-electron chi connectivity index (χ2n) is 4.91. The van der Waals surface area contributed by atoms with E-state index in [1.54, 1.807) is 30.5 Å². The molecule has 2 N–H and O–H groups in total. The van der Waals surface area contributed by atoms with E-state index in [1.165, 1.54) is 18.8 Å². The molecule has 1 aromatic carbocycles. The van der Waals surface area contributed by atoms with E-state index < -0.39 is 18.5 Å². The number of likely N-dealkylation sites (N-methyl/N-ethyl adjacent to an activating group) is 1. The highest BCUT2D eigenvalue weighted by Crippen LogP contribution is 2.33. The molecule has 0 fully saturated rings. The molecule has 0 radical (unpaired) electrons. The highest BCUT2D eigenvalue weighted by atomic mass is 35.5. The minimum absolute atomic E-state index is 0.187. The zero-order chi connectivity index (χ0) is 18.9. The highest BCUT2D eigenvalue weighted by molar-refractivity contribution is 7.99. The van der Waals surface area contributed by atoms with Gasteiger partial charge in [-0.2, -0.15) is 0 Å². The fourth-order valence-corrected chi connectivity index (χ4v) is 2.93. The Balaban J connectivity index is 2.00. The monoisotopic (exact) mass is 393 g/mol. The van der Waals surface area contributed by atoms with E-state index in [0.29, 0.717) is 10.0 Å². The molecule has 0 spiro atoms. The fraction of sp³-hybridized carbons (Fsp3) is 0.176. The lowest BCUT2D eigenvalue weighted by atomic mass is 10.3. The number of hydrogen-bond donors (Lipinski definition) is 2. The number of benzene rings is 1. The van der Waals surface area contributed by atoms with Crippen molar-refractivity contribution in [1.29, 1.82) is 0 Å². The zero-order valence-electron chi connectivity index (χ0n) is 13.8. The standard InChI is InChI=1S/C17H16ClN3O4S/c1-19-14(22)9-21-15(23)10-25-17(24)11-5-4-8-20-16(11)26-13-7-3-2-6-12(13)18/h2-8H,9-10H2,1H3,(H,19,22)(H,21,23). The molecule has 0 aliphatic carbocycles. The Morgan fingerprint density at radius 1 is 1.15 bits per heavy atom. The van der Waals surface area contributed by atoms with E-state index in [9.17, 15) is 14.4 Å². The quantitative estimate of drug-likeness (QED) is 0.697. The Bertz CT molecular complexity index is 816. The summed E-state index contributed by atoms with van der Waals surface area (Å²) in [6.45, 7) is -0.686. The molecule has 0 saturated heterocycles. The molecule has 136 valence electrons. The average molecular weight is 394 g/mol. The first-order chi connectivity index (χ1) is 12.5. The maximum absolute atomic E-state index is 12.3. The van der Waals surface area contributed by atoms with Crippen LogP contribution in [0.4, 0.5) is 0 Å². The van der Waals surface area contributed by atoms with Gasteiger partial charge in [0, 0.05) is 18.1 Å². The molecular formula is C17H16ClN3O4S. The fourth-order valence-electron chi connectivity index (χ4n) is 1.79. The normalized spacial score (nSPS) is 10.1. The number of esters is 1. The number of nitrogens with zero attached hydrogens (tertiary/aromatic N) is 1. The van der Waals surface area contributed by atoms with Gasteiger partial charge in [-0.3, -0.25) is 9.59 Å². The minimum Gasteiger partial charge on any atom is -0.452 e. The number of carbonyl (C=O) groups excluding carboxylic acids is 3. The van der Waals surface area contributed by atoms with Crippen molar-refractivity contribution in [3.05, 3.63) is 53.2 Å². The van der Waals surface area contributed by atoms with Crippen LogP contribution >= 0.6 is 23.4 Å². The summed E-state index contributed by atoms with van der Waals surface area (Å²) in [4.78, 5) is 39.9. The number of carbonyl (C=O) groups is 3. The Hall–Kier alpha value is -2.58. The van der Waals surface area contributed by atoms with E-state index >= 15 is 0 Å². The zero-order valence-corrected chi connectivity index (χ0v) is 15.4. The summed E-state index contributed by atoms with van der Waals surface area (Å²) in [5.41, 5.74) is 0.219. The number of halogens is 1. The van der Waals surface area contributed by atoms with Crippen LogP contribution in [0.2, 0.25) is 5.02 Å². The summed E-state index contributed by atoms with van der Waals surface area (Å²) in [5.74, 6) is -1.62. The van der Waals surface area contributed by atoms with Crippen LogP contribution in [-0.2, 0) is 14.3 Å². The summed E-state index contributed by atoms with van der Waals surface area (Å²) in [6, 6.07) is 10.3. The van der Waals surface area contributed by atoms with Crippen LogP contribution in [0.25, 0.3) is 0 Å². The van der Waals surface area contributed by atoms with Crippen molar-refractivity contribution in [2.75, 3.05) is 20.2 Å². The lowest BCUT2D eigenvalue weighted by molar-refractivity contribution is -0.127. The summed E-state index contributed by atoms with van der Waals surface area (Å²) in [7, 11) is 1.45. The molecule has 1 aromatic heterocycles. The lowest BCUT2D eigenvalue weighted by Gasteiger charge is -2.09. The topological polar surface area (TPSA) is 97.4 Å². The molecule has 0 bridgehead atoms. The van der Waals surface area contributed by atoms with Crippen LogP contribution in [0.5, 0.6) is 0 Å². The van der Waals surface area contributed by atoms with Crippen molar-refractivity contribution in [1.82, 2.24) is 15.6 Å². The second kappa shape index (κ2) is 9.79. The van der Waals surface area contributed by atoms with Crippen molar-refractivity contribution in [3.8, 4) is 0 Å². The first-order valence-corrected chi connectivity index (χ1v) is 8.72. The summed E-state index contributed by atoms with van der Waals surface area (Å²) in [5, 5.41) is 5.65. The maximum atomic E-state index is 12.3. The number of aromatic nitrogens is 1. The van der Waals surface area contributed by atoms with Gasteiger partial charge in [-0.25, -0.2) is 9.78 Å². The van der Waals surface area contributed by atoms with E-state index in [0.717, 1.165) is 4.90 Å². The molecule has 26 heavy (non-hydrogen) atoms. The third-order valence-corrected chi connectivity index (χ3v) is 4.63. The third-order valence-electron chi connectivity index (χ3n) is 3.09. The highest BCUT2D eigenvalue weighted by Gasteiger charge is 2.17. The van der Waals surface area contributed by atoms with Gasteiger partial charge in [0.1, 0.15) is 5.03 Å². The van der Waals surface area contributed by atoms with E-state index in [2.05, 4.69) is 15.6 Å². The molecule has 2 aromatic rings. The van der Waals surface area contributed by atoms with Crippen LogP contribution in [0.1, 0.15) is 10.4 Å². The van der Waals surface area contributed by atoms with Gasteiger partial charge in [0.05, 0.1) is 17.1 Å². The Morgan fingerprint density at radius 2 is 1.92 bits per heavy atom.